The van der Waals surface area contributed by atoms with Gasteiger partial charge in [0.2, 0.25) is 5.91 Å². The Morgan fingerprint density at radius 3 is 2.69 bits per heavy atom. The number of hydrogen-bond donors (Lipinski definition) is 0. The monoisotopic (exact) mass is 468 g/mol. The highest BCUT2D eigenvalue weighted by Crippen LogP contribution is 2.38. The number of carbonyl (C=O) groups is 2. The molecule has 0 saturated heterocycles. The third kappa shape index (κ3) is 4.38. The van der Waals surface area contributed by atoms with Crippen LogP contribution in [-0.4, -0.2) is 45.0 Å². The van der Waals surface area contributed by atoms with Crippen molar-refractivity contribution in [2.75, 3.05) is 11.4 Å². The fraction of sp³-hybridized carbons (Fsp3) is 0.417. The van der Waals surface area contributed by atoms with Gasteiger partial charge in [0.25, 0.3) is 0 Å². The van der Waals surface area contributed by atoms with E-state index in [0.717, 1.165) is 59.0 Å². The van der Waals surface area contributed by atoms with E-state index in [1.165, 1.54) is 17.4 Å². The summed E-state index contributed by atoms with van der Waals surface area (Å²) in [7, 11) is 0. The van der Waals surface area contributed by atoms with Crippen LogP contribution in [-0.2, 0) is 11.2 Å². The van der Waals surface area contributed by atoms with Gasteiger partial charge in [0.1, 0.15) is 5.84 Å². The minimum absolute atomic E-state index is 0.196. The number of thiophene rings is 1. The maximum atomic E-state index is 12.3. The van der Waals surface area contributed by atoms with Gasteiger partial charge >= 0.3 is 5.24 Å². The third-order valence-corrected chi connectivity index (χ3v) is 7.35. The van der Waals surface area contributed by atoms with Gasteiger partial charge in [0.15, 0.2) is 0 Å². The van der Waals surface area contributed by atoms with E-state index in [-0.39, 0.29) is 17.2 Å². The van der Waals surface area contributed by atoms with Crippen LogP contribution in [0.1, 0.15) is 57.0 Å². The number of hydrogen-bond acceptors (Lipinski definition) is 6. The first-order valence-corrected chi connectivity index (χ1v) is 12.5. The first kappa shape index (κ1) is 22.7. The molecule has 0 atom stereocenters. The van der Waals surface area contributed by atoms with Crippen molar-refractivity contribution in [3.05, 3.63) is 51.7 Å². The summed E-state index contributed by atoms with van der Waals surface area (Å²) in [5, 5.41) is 7.19. The number of thioether (sulfide) groups is 1. The molecule has 0 N–H and O–H groups in total. The molecule has 6 nitrogen and oxygen atoms in total. The molecule has 2 aliphatic heterocycles. The van der Waals surface area contributed by atoms with Gasteiger partial charge < -0.3 is 4.90 Å². The smallest absolute Gasteiger partial charge is 0.309 e. The highest BCUT2D eigenvalue weighted by atomic mass is 32.2. The van der Waals surface area contributed by atoms with Crippen LogP contribution in [0, 0.1) is 0 Å². The zero-order valence-electron chi connectivity index (χ0n) is 19.1. The van der Waals surface area contributed by atoms with E-state index in [4.69, 9.17) is 4.99 Å². The Morgan fingerprint density at radius 2 is 2.03 bits per heavy atom. The van der Waals surface area contributed by atoms with Crippen molar-refractivity contribution in [1.82, 2.24) is 5.01 Å². The second-order valence-corrected chi connectivity index (χ2v) is 11.3. The molecule has 0 bridgehead atoms. The van der Waals surface area contributed by atoms with E-state index in [1.807, 2.05) is 19.9 Å². The van der Waals surface area contributed by atoms with E-state index in [1.54, 1.807) is 11.3 Å². The Morgan fingerprint density at radius 1 is 1.25 bits per heavy atom. The molecule has 2 amide bonds. The summed E-state index contributed by atoms with van der Waals surface area (Å²) in [4.78, 5) is 32.7. The Hall–Kier alpha value is -2.45. The number of anilines is 1. The van der Waals surface area contributed by atoms with Crippen LogP contribution in [0.2, 0.25) is 0 Å². The SMILES string of the molecule is CC(=O)N1N=C(c2ccc3c(c2)CCCN3C(=NC(C)C)c2cccs2)C(C)(C)SC1=O. The molecule has 168 valence electrons. The topological polar surface area (TPSA) is 65.3 Å². The molecule has 0 aliphatic carbocycles. The number of amides is 2. The molecule has 3 heterocycles. The maximum Gasteiger partial charge on any atom is 0.309 e. The summed E-state index contributed by atoms with van der Waals surface area (Å²) in [6, 6.07) is 10.7. The van der Waals surface area contributed by atoms with Crippen molar-refractivity contribution >= 4 is 51.5 Å². The Kier molecular flexibility index (Phi) is 6.27. The fourth-order valence-corrected chi connectivity index (χ4v) is 5.73. The molecular weight excluding hydrogens is 440 g/mol. The standard InChI is InChI=1S/C24H28N4O2S2/c1-15(2)25-22(20-9-7-13-31-20)27-12-6-8-17-14-18(10-11-19(17)27)21-24(4,5)32-23(30)28(26-21)16(3)29/h7,9-11,13-15H,6,8,12H2,1-5H3. The predicted octanol–water partition coefficient (Wildman–Crippen LogP) is 5.55. The molecule has 4 rings (SSSR count). The third-order valence-electron chi connectivity index (χ3n) is 5.43. The van der Waals surface area contributed by atoms with Gasteiger partial charge in [-0.05, 0) is 87.0 Å². The van der Waals surface area contributed by atoms with E-state index >= 15 is 0 Å². The van der Waals surface area contributed by atoms with Gasteiger partial charge in [-0.1, -0.05) is 12.1 Å². The second kappa shape index (κ2) is 8.83. The lowest BCUT2D eigenvalue weighted by Crippen LogP contribution is -2.43. The van der Waals surface area contributed by atoms with Crippen molar-refractivity contribution in [2.45, 2.75) is 58.2 Å². The maximum absolute atomic E-state index is 12.3. The van der Waals surface area contributed by atoms with E-state index in [9.17, 15) is 9.59 Å². The first-order chi connectivity index (χ1) is 15.2. The van der Waals surface area contributed by atoms with Gasteiger partial charge in [0, 0.05) is 25.2 Å². The number of aryl methyl sites for hydroxylation is 1. The molecule has 1 aromatic carbocycles. The van der Waals surface area contributed by atoms with Crippen molar-refractivity contribution in [2.24, 2.45) is 10.1 Å². The Bertz CT molecular complexity index is 1100. The number of nitrogens with zero attached hydrogens (tertiary/aromatic N) is 4. The Balaban J connectivity index is 1.76. The van der Waals surface area contributed by atoms with Crippen LogP contribution in [0.15, 0.2) is 45.8 Å². The highest BCUT2D eigenvalue weighted by molar-refractivity contribution is 8.15. The highest BCUT2D eigenvalue weighted by Gasteiger charge is 2.39. The summed E-state index contributed by atoms with van der Waals surface area (Å²) in [5.74, 6) is 0.646. The summed E-state index contributed by atoms with van der Waals surface area (Å²) in [5.41, 5.74) is 4.08. The van der Waals surface area contributed by atoms with Gasteiger partial charge in [-0.25, -0.2) is 0 Å². The van der Waals surface area contributed by atoms with Crippen LogP contribution in [0.3, 0.4) is 0 Å². The zero-order chi connectivity index (χ0) is 23.0. The van der Waals surface area contributed by atoms with Crippen molar-refractivity contribution in [1.29, 1.82) is 0 Å². The molecule has 2 aliphatic rings. The number of benzene rings is 1. The summed E-state index contributed by atoms with van der Waals surface area (Å²) >= 11 is 2.84. The molecule has 8 heteroatoms. The number of imide groups is 1. The number of carbonyl (C=O) groups excluding carboxylic acids is 2. The summed E-state index contributed by atoms with van der Waals surface area (Å²) in [6.45, 7) is 10.4. The van der Waals surface area contributed by atoms with Crippen LogP contribution < -0.4 is 4.90 Å². The minimum Gasteiger partial charge on any atom is -0.325 e. The second-order valence-electron chi connectivity index (χ2n) is 8.78. The molecule has 0 saturated carbocycles. The number of aliphatic imine (C=N–C) groups is 1. The molecule has 1 aromatic heterocycles. The van der Waals surface area contributed by atoms with E-state index in [0.29, 0.717) is 0 Å². The molecule has 0 radical (unpaired) electrons. The molecule has 0 unspecified atom stereocenters. The van der Waals surface area contributed by atoms with Crippen molar-refractivity contribution in [3.8, 4) is 0 Å². The quantitative estimate of drug-likeness (QED) is 0.437. The lowest BCUT2D eigenvalue weighted by Gasteiger charge is -2.35. The normalized spacial score (nSPS) is 18.6. The van der Waals surface area contributed by atoms with Crippen molar-refractivity contribution in [3.63, 3.8) is 0 Å². The summed E-state index contributed by atoms with van der Waals surface area (Å²) in [6.07, 6.45) is 2.00. The summed E-state index contributed by atoms with van der Waals surface area (Å²) < 4.78 is -0.521. The van der Waals surface area contributed by atoms with Gasteiger partial charge in [-0.2, -0.15) is 10.1 Å². The van der Waals surface area contributed by atoms with E-state index < -0.39 is 4.75 Å². The number of fused-ring (bicyclic) bond motifs is 1. The van der Waals surface area contributed by atoms with Crippen LogP contribution in [0.4, 0.5) is 10.5 Å². The predicted molar refractivity (Wildman–Crippen MR) is 134 cm³/mol. The largest absolute Gasteiger partial charge is 0.325 e. The molecule has 32 heavy (non-hydrogen) atoms. The number of hydrazone groups is 1. The van der Waals surface area contributed by atoms with Crippen LogP contribution in [0.25, 0.3) is 0 Å². The van der Waals surface area contributed by atoms with Crippen LogP contribution >= 0.6 is 23.1 Å². The molecule has 2 aromatic rings. The molecule has 0 spiro atoms. The average Bonchev–Trinajstić information content (AvgIpc) is 3.25. The van der Waals surface area contributed by atoms with Gasteiger partial charge in [0.05, 0.1) is 15.3 Å². The molecular formula is C24H28N4O2S2. The average molecular weight is 469 g/mol. The zero-order valence-corrected chi connectivity index (χ0v) is 20.7. The number of rotatable bonds is 3. The lowest BCUT2D eigenvalue weighted by atomic mass is 9.93. The van der Waals surface area contributed by atoms with Gasteiger partial charge in [-0.3, -0.25) is 14.6 Å². The fourth-order valence-electron chi connectivity index (χ4n) is 4.06. The van der Waals surface area contributed by atoms with Crippen LogP contribution in [0.5, 0.6) is 0 Å². The van der Waals surface area contributed by atoms with Crippen molar-refractivity contribution < 1.29 is 9.59 Å². The van der Waals surface area contributed by atoms with E-state index in [2.05, 4.69) is 53.5 Å². The Labute approximate surface area is 197 Å². The minimum atomic E-state index is -0.521. The molecule has 0 fully saturated rings. The lowest BCUT2D eigenvalue weighted by molar-refractivity contribution is -0.125. The van der Waals surface area contributed by atoms with Gasteiger partial charge in [-0.15, -0.1) is 11.3 Å². The number of amidine groups is 1. The first-order valence-electron chi connectivity index (χ1n) is 10.8.